The molecular weight excluding hydrogens is 328 g/mol. The van der Waals surface area contributed by atoms with E-state index in [1.54, 1.807) is 6.92 Å². The molecule has 94 valence electrons. The van der Waals surface area contributed by atoms with Crippen LogP contribution in [-0.4, -0.2) is 15.0 Å². The third kappa shape index (κ3) is 3.70. The standard InChI is InChI=1S/C10H12BrClN2O2S/c1-6(11)5-14-17(15,16)8-3-9(12)7(2)10(13)4-8/h3-4,14H,1,5,13H2,2H3. The van der Waals surface area contributed by atoms with Crippen molar-refractivity contribution in [3.63, 3.8) is 0 Å². The Labute approximate surface area is 114 Å². The van der Waals surface area contributed by atoms with Crippen LogP contribution in [0.1, 0.15) is 5.56 Å². The van der Waals surface area contributed by atoms with Gasteiger partial charge in [0.25, 0.3) is 0 Å². The lowest BCUT2D eigenvalue weighted by Gasteiger charge is -2.09. The van der Waals surface area contributed by atoms with Gasteiger partial charge in [-0.3, -0.25) is 0 Å². The number of rotatable bonds is 4. The van der Waals surface area contributed by atoms with Crippen molar-refractivity contribution in [2.45, 2.75) is 11.8 Å². The smallest absolute Gasteiger partial charge is 0.241 e. The molecule has 0 amide bonds. The van der Waals surface area contributed by atoms with Crippen molar-refractivity contribution in [2.24, 2.45) is 0 Å². The van der Waals surface area contributed by atoms with Crippen LogP contribution in [0.4, 0.5) is 5.69 Å². The van der Waals surface area contributed by atoms with Gasteiger partial charge in [0, 0.05) is 21.7 Å². The molecule has 0 saturated heterocycles. The zero-order valence-electron chi connectivity index (χ0n) is 9.13. The number of hydrogen-bond donors (Lipinski definition) is 2. The summed E-state index contributed by atoms with van der Waals surface area (Å²) in [4.78, 5) is 0.0411. The molecule has 0 aliphatic heterocycles. The summed E-state index contributed by atoms with van der Waals surface area (Å²) >= 11 is 8.96. The van der Waals surface area contributed by atoms with Crippen LogP contribution < -0.4 is 10.5 Å². The van der Waals surface area contributed by atoms with E-state index in [0.29, 0.717) is 20.8 Å². The highest BCUT2D eigenvalue weighted by atomic mass is 79.9. The number of hydrogen-bond acceptors (Lipinski definition) is 3. The molecule has 4 nitrogen and oxygen atoms in total. The van der Waals surface area contributed by atoms with Crippen LogP contribution in [0.3, 0.4) is 0 Å². The topological polar surface area (TPSA) is 72.2 Å². The maximum absolute atomic E-state index is 11.9. The highest BCUT2D eigenvalue weighted by molar-refractivity contribution is 9.11. The molecular formula is C10H12BrClN2O2S. The van der Waals surface area contributed by atoms with E-state index in [2.05, 4.69) is 27.2 Å². The third-order valence-electron chi connectivity index (χ3n) is 2.12. The number of nitrogens with one attached hydrogen (secondary N) is 1. The molecule has 0 bridgehead atoms. The molecule has 1 rings (SSSR count). The Morgan fingerprint density at radius 2 is 2.18 bits per heavy atom. The molecule has 0 aliphatic carbocycles. The van der Waals surface area contributed by atoms with E-state index in [0.717, 1.165) is 0 Å². The van der Waals surface area contributed by atoms with Crippen molar-refractivity contribution >= 4 is 43.2 Å². The van der Waals surface area contributed by atoms with Gasteiger partial charge in [0.15, 0.2) is 0 Å². The Hall–Kier alpha value is -0.560. The van der Waals surface area contributed by atoms with Gasteiger partial charge in [-0.1, -0.05) is 34.1 Å². The van der Waals surface area contributed by atoms with Gasteiger partial charge in [-0.25, -0.2) is 13.1 Å². The minimum atomic E-state index is -3.62. The number of nitrogens with two attached hydrogens (primary N) is 1. The molecule has 1 aromatic rings. The second-order valence-electron chi connectivity index (χ2n) is 3.46. The maximum atomic E-state index is 11.9. The predicted molar refractivity (Wildman–Crippen MR) is 73.9 cm³/mol. The van der Waals surface area contributed by atoms with Gasteiger partial charge in [0.05, 0.1) is 4.90 Å². The van der Waals surface area contributed by atoms with Crippen molar-refractivity contribution in [1.29, 1.82) is 0 Å². The fraction of sp³-hybridized carbons (Fsp3) is 0.200. The first-order valence-electron chi connectivity index (χ1n) is 4.62. The van der Waals surface area contributed by atoms with Crippen molar-refractivity contribution in [2.75, 3.05) is 12.3 Å². The summed E-state index contributed by atoms with van der Waals surface area (Å²) in [5.74, 6) is 0. The fourth-order valence-electron chi connectivity index (χ4n) is 1.09. The Morgan fingerprint density at radius 1 is 1.59 bits per heavy atom. The molecule has 0 unspecified atom stereocenters. The summed E-state index contributed by atoms with van der Waals surface area (Å²) in [6.45, 7) is 5.37. The summed E-state index contributed by atoms with van der Waals surface area (Å²) in [6, 6.07) is 2.74. The predicted octanol–water partition coefficient (Wildman–Crippen LogP) is 2.42. The molecule has 17 heavy (non-hydrogen) atoms. The van der Waals surface area contributed by atoms with Crippen molar-refractivity contribution in [3.8, 4) is 0 Å². The molecule has 0 fully saturated rings. The monoisotopic (exact) mass is 338 g/mol. The van der Waals surface area contributed by atoms with Gasteiger partial charge >= 0.3 is 0 Å². The van der Waals surface area contributed by atoms with E-state index < -0.39 is 10.0 Å². The number of nitrogen functional groups attached to an aromatic ring is 1. The SMILES string of the molecule is C=C(Br)CNS(=O)(=O)c1cc(N)c(C)c(Cl)c1. The van der Waals surface area contributed by atoms with Gasteiger partial charge in [0.1, 0.15) is 0 Å². The Kier molecular flexibility index (Phi) is 4.60. The van der Waals surface area contributed by atoms with E-state index in [9.17, 15) is 8.42 Å². The van der Waals surface area contributed by atoms with Crippen molar-refractivity contribution < 1.29 is 8.42 Å². The second-order valence-corrected chi connectivity index (χ2v) is 6.76. The first kappa shape index (κ1) is 14.5. The average Bonchev–Trinajstić information content (AvgIpc) is 2.22. The first-order valence-corrected chi connectivity index (χ1v) is 7.28. The van der Waals surface area contributed by atoms with E-state index in [1.165, 1.54) is 12.1 Å². The summed E-state index contributed by atoms with van der Waals surface area (Å²) in [6.07, 6.45) is 0. The van der Waals surface area contributed by atoms with Crippen molar-refractivity contribution in [1.82, 2.24) is 4.72 Å². The molecule has 1 aromatic carbocycles. The summed E-state index contributed by atoms with van der Waals surface area (Å²) in [5, 5.41) is 0.322. The van der Waals surface area contributed by atoms with Crippen LogP contribution in [-0.2, 0) is 10.0 Å². The lowest BCUT2D eigenvalue weighted by Crippen LogP contribution is -2.25. The van der Waals surface area contributed by atoms with E-state index in [-0.39, 0.29) is 11.4 Å². The minimum Gasteiger partial charge on any atom is -0.398 e. The Bertz CT molecular complexity index is 534. The molecule has 0 radical (unpaired) electrons. The van der Waals surface area contributed by atoms with E-state index in [1.807, 2.05) is 0 Å². The average molecular weight is 340 g/mol. The zero-order valence-corrected chi connectivity index (χ0v) is 12.3. The fourth-order valence-corrected chi connectivity index (χ4v) is 2.79. The lowest BCUT2D eigenvalue weighted by molar-refractivity contribution is 0.585. The number of anilines is 1. The molecule has 0 aliphatic rings. The van der Waals surface area contributed by atoms with Crippen LogP contribution in [0.25, 0.3) is 0 Å². The zero-order chi connectivity index (χ0) is 13.2. The second kappa shape index (κ2) is 5.39. The summed E-state index contributed by atoms with van der Waals surface area (Å²) < 4.78 is 26.6. The van der Waals surface area contributed by atoms with E-state index in [4.69, 9.17) is 17.3 Å². The van der Waals surface area contributed by atoms with E-state index >= 15 is 0 Å². The van der Waals surface area contributed by atoms with Crippen molar-refractivity contribution in [3.05, 3.63) is 33.8 Å². The third-order valence-corrected chi connectivity index (χ3v) is 4.18. The minimum absolute atomic E-state index is 0.0411. The number of sulfonamides is 1. The number of benzene rings is 1. The molecule has 0 spiro atoms. The van der Waals surface area contributed by atoms with Crippen LogP contribution in [0.5, 0.6) is 0 Å². The summed E-state index contributed by atoms with van der Waals surface area (Å²) in [7, 11) is -3.62. The van der Waals surface area contributed by atoms with Gasteiger partial charge in [-0.05, 0) is 24.6 Å². The van der Waals surface area contributed by atoms with Crippen LogP contribution in [0, 0.1) is 6.92 Å². The molecule has 0 saturated carbocycles. The van der Waals surface area contributed by atoms with Gasteiger partial charge in [-0.15, -0.1) is 0 Å². The molecule has 0 heterocycles. The van der Waals surface area contributed by atoms with Crippen LogP contribution in [0.2, 0.25) is 5.02 Å². The first-order chi connectivity index (χ1) is 7.74. The number of halogens is 2. The largest absolute Gasteiger partial charge is 0.398 e. The molecule has 3 N–H and O–H groups in total. The Balaban J connectivity index is 3.12. The highest BCUT2D eigenvalue weighted by Crippen LogP contribution is 2.25. The Morgan fingerprint density at radius 3 is 2.65 bits per heavy atom. The highest BCUT2D eigenvalue weighted by Gasteiger charge is 2.16. The normalized spacial score (nSPS) is 11.5. The molecule has 0 aromatic heterocycles. The van der Waals surface area contributed by atoms with Crippen LogP contribution >= 0.6 is 27.5 Å². The molecule has 0 atom stereocenters. The lowest BCUT2D eigenvalue weighted by atomic mass is 10.2. The van der Waals surface area contributed by atoms with Gasteiger partial charge in [-0.2, -0.15) is 0 Å². The summed E-state index contributed by atoms with van der Waals surface area (Å²) in [5.41, 5.74) is 6.68. The maximum Gasteiger partial charge on any atom is 0.241 e. The quantitative estimate of drug-likeness (QED) is 0.828. The van der Waals surface area contributed by atoms with Gasteiger partial charge < -0.3 is 5.73 Å². The van der Waals surface area contributed by atoms with Gasteiger partial charge in [0.2, 0.25) is 10.0 Å². The van der Waals surface area contributed by atoms with Crippen LogP contribution in [0.15, 0.2) is 28.1 Å². The molecule has 7 heteroatoms.